The van der Waals surface area contributed by atoms with Crippen LogP contribution in [0.2, 0.25) is 0 Å². The van der Waals surface area contributed by atoms with Gasteiger partial charge in [-0.05, 0) is 38.2 Å². The van der Waals surface area contributed by atoms with Crippen LogP contribution in [0.25, 0.3) is 0 Å². The fraction of sp³-hybridized carbons (Fsp3) is 0.923. The van der Waals surface area contributed by atoms with Crippen LogP contribution in [0.3, 0.4) is 0 Å². The summed E-state index contributed by atoms with van der Waals surface area (Å²) in [5.41, 5.74) is -0.382. The number of amides is 1. The average Bonchev–Trinajstić information content (AvgIpc) is 2.41. The van der Waals surface area contributed by atoms with E-state index in [4.69, 9.17) is 0 Å². The molecule has 2 fully saturated rings. The van der Waals surface area contributed by atoms with Gasteiger partial charge >= 0.3 is 0 Å². The summed E-state index contributed by atoms with van der Waals surface area (Å²) in [5, 5.41) is 6.57. The summed E-state index contributed by atoms with van der Waals surface area (Å²) in [7, 11) is 0. The molecule has 104 valence electrons. The van der Waals surface area contributed by atoms with Crippen molar-refractivity contribution >= 4 is 17.7 Å². The molecule has 0 radical (unpaired) electrons. The minimum Gasteiger partial charge on any atom is -0.352 e. The third-order valence-electron chi connectivity index (χ3n) is 4.02. The van der Waals surface area contributed by atoms with E-state index in [0.717, 1.165) is 39.0 Å². The molecule has 2 aliphatic heterocycles. The van der Waals surface area contributed by atoms with Gasteiger partial charge in [0.2, 0.25) is 5.91 Å². The highest BCUT2D eigenvalue weighted by atomic mass is 32.2. The van der Waals surface area contributed by atoms with Gasteiger partial charge in [0.15, 0.2) is 0 Å². The number of rotatable bonds is 3. The van der Waals surface area contributed by atoms with Gasteiger partial charge in [-0.15, -0.1) is 0 Å². The predicted molar refractivity (Wildman–Crippen MR) is 77.0 cm³/mol. The third kappa shape index (κ3) is 3.39. The highest BCUT2D eigenvalue weighted by molar-refractivity contribution is 7.99. The van der Waals surface area contributed by atoms with Gasteiger partial charge in [-0.3, -0.25) is 9.69 Å². The summed E-state index contributed by atoms with van der Waals surface area (Å²) in [5.74, 6) is 2.55. The number of thioether (sulfide) groups is 1. The first-order valence-electron chi connectivity index (χ1n) is 6.95. The van der Waals surface area contributed by atoms with Crippen LogP contribution < -0.4 is 10.6 Å². The zero-order valence-corrected chi connectivity index (χ0v) is 12.3. The number of carbonyl (C=O) groups excluding carboxylic acids is 1. The molecule has 2 rings (SSSR count). The molecule has 4 nitrogen and oxygen atoms in total. The van der Waals surface area contributed by atoms with Gasteiger partial charge in [0.1, 0.15) is 0 Å². The van der Waals surface area contributed by atoms with Crippen molar-refractivity contribution in [3.05, 3.63) is 0 Å². The zero-order valence-electron chi connectivity index (χ0n) is 11.5. The maximum atomic E-state index is 12.5. The number of hydrogen-bond acceptors (Lipinski definition) is 4. The van der Waals surface area contributed by atoms with Crippen molar-refractivity contribution in [3.8, 4) is 0 Å². The Morgan fingerprint density at radius 3 is 2.50 bits per heavy atom. The van der Waals surface area contributed by atoms with E-state index in [1.54, 1.807) is 0 Å². The minimum atomic E-state index is -0.382. The first kappa shape index (κ1) is 14.2. The van der Waals surface area contributed by atoms with E-state index in [1.807, 2.05) is 25.6 Å². The Hall–Kier alpha value is -0.260. The number of nitrogens with zero attached hydrogens (tertiary/aromatic N) is 1. The smallest absolute Gasteiger partial charge is 0.240 e. The van der Waals surface area contributed by atoms with Crippen molar-refractivity contribution in [3.63, 3.8) is 0 Å². The number of hydrogen-bond donors (Lipinski definition) is 2. The summed E-state index contributed by atoms with van der Waals surface area (Å²) in [6, 6.07) is 0.390. The van der Waals surface area contributed by atoms with E-state index in [9.17, 15) is 4.79 Å². The molecule has 0 aliphatic carbocycles. The Balaban J connectivity index is 1.88. The van der Waals surface area contributed by atoms with Gasteiger partial charge in [-0.1, -0.05) is 0 Å². The lowest BCUT2D eigenvalue weighted by Crippen LogP contribution is -2.61. The third-order valence-corrected chi connectivity index (χ3v) is 5.07. The predicted octanol–water partition coefficient (Wildman–Crippen LogP) is 0.682. The lowest BCUT2D eigenvalue weighted by Gasteiger charge is -2.40. The molecule has 2 aliphatic rings. The molecule has 0 spiro atoms. The lowest BCUT2D eigenvalue weighted by atomic mass is 9.99. The van der Waals surface area contributed by atoms with Crippen LogP contribution in [0.1, 0.15) is 26.7 Å². The summed E-state index contributed by atoms with van der Waals surface area (Å²) < 4.78 is 0. The lowest BCUT2D eigenvalue weighted by molar-refractivity contribution is -0.132. The van der Waals surface area contributed by atoms with E-state index in [-0.39, 0.29) is 11.4 Å². The Kier molecular flexibility index (Phi) is 4.92. The summed E-state index contributed by atoms with van der Waals surface area (Å²) in [4.78, 5) is 14.7. The molecule has 2 saturated heterocycles. The maximum Gasteiger partial charge on any atom is 0.240 e. The second kappa shape index (κ2) is 6.26. The van der Waals surface area contributed by atoms with Crippen LogP contribution in [0, 0.1) is 0 Å². The molecule has 0 atom stereocenters. The van der Waals surface area contributed by atoms with Gasteiger partial charge in [0.05, 0.1) is 5.54 Å². The molecular formula is C13H25N3OS. The van der Waals surface area contributed by atoms with Crippen molar-refractivity contribution in [1.29, 1.82) is 0 Å². The summed E-state index contributed by atoms with van der Waals surface area (Å²) >= 11 is 1.99. The molecule has 0 aromatic heterocycles. The number of carbonyl (C=O) groups is 1. The second-order valence-electron chi connectivity index (χ2n) is 5.66. The van der Waals surface area contributed by atoms with Gasteiger partial charge in [0, 0.05) is 32.2 Å². The minimum absolute atomic E-state index is 0.196. The standard InChI is InChI=1S/C13H25N3OS/c1-13(2,16-7-5-14-6-8-16)12(17)15-11-3-9-18-10-4-11/h11,14H,3-10H2,1-2H3,(H,15,17). The molecule has 2 heterocycles. The fourth-order valence-electron chi connectivity index (χ4n) is 2.57. The van der Waals surface area contributed by atoms with E-state index in [0.29, 0.717) is 6.04 Å². The van der Waals surface area contributed by atoms with E-state index in [2.05, 4.69) is 15.5 Å². The second-order valence-corrected chi connectivity index (χ2v) is 6.88. The average molecular weight is 271 g/mol. The zero-order chi connectivity index (χ0) is 13.0. The van der Waals surface area contributed by atoms with Gasteiger partial charge in [-0.2, -0.15) is 11.8 Å². The first-order chi connectivity index (χ1) is 8.60. The Labute approximate surface area is 114 Å². The molecule has 5 heteroatoms. The number of nitrogens with one attached hydrogen (secondary N) is 2. The van der Waals surface area contributed by atoms with Crippen molar-refractivity contribution in [2.75, 3.05) is 37.7 Å². The fourth-order valence-corrected chi connectivity index (χ4v) is 3.68. The van der Waals surface area contributed by atoms with Crippen LogP contribution in [0.4, 0.5) is 0 Å². The van der Waals surface area contributed by atoms with Crippen LogP contribution >= 0.6 is 11.8 Å². The van der Waals surface area contributed by atoms with E-state index >= 15 is 0 Å². The van der Waals surface area contributed by atoms with E-state index in [1.165, 1.54) is 11.5 Å². The normalized spacial score (nSPS) is 23.9. The van der Waals surface area contributed by atoms with Crippen LogP contribution in [-0.4, -0.2) is 60.1 Å². The molecule has 2 N–H and O–H groups in total. The van der Waals surface area contributed by atoms with Crippen molar-refractivity contribution < 1.29 is 4.79 Å². The molecule has 1 amide bonds. The molecule has 0 aromatic rings. The quantitative estimate of drug-likeness (QED) is 0.792. The molecule has 0 bridgehead atoms. The van der Waals surface area contributed by atoms with Gasteiger partial charge < -0.3 is 10.6 Å². The van der Waals surface area contributed by atoms with Gasteiger partial charge in [0.25, 0.3) is 0 Å². The van der Waals surface area contributed by atoms with Crippen LogP contribution in [0.5, 0.6) is 0 Å². The summed E-state index contributed by atoms with van der Waals surface area (Å²) in [6.45, 7) is 7.98. The Bertz CT molecular complexity index is 284. The Morgan fingerprint density at radius 2 is 1.89 bits per heavy atom. The topological polar surface area (TPSA) is 44.4 Å². The van der Waals surface area contributed by atoms with Crippen molar-refractivity contribution in [2.45, 2.75) is 38.3 Å². The first-order valence-corrected chi connectivity index (χ1v) is 8.10. The van der Waals surface area contributed by atoms with Crippen molar-refractivity contribution in [1.82, 2.24) is 15.5 Å². The molecule has 0 unspecified atom stereocenters. The highest BCUT2D eigenvalue weighted by Crippen LogP contribution is 2.20. The summed E-state index contributed by atoms with van der Waals surface area (Å²) in [6.07, 6.45) is 2.24. The SMILES string of the molecule is CC(C)(C(=O)NC1CCSCC1)N1CCNCC1. The molecular weight excluding hydrogens is 246 g/mol. The monoisotopic (exact) mass is 271 g/mol. The largest absolute Gasteiger partial charge is 0.352 e. The van der Waals surface area contributed by atoms with Crippen LogP contribution in [0.15, 0.2) is 0 Å². The Morgan fingerprint density at radius 1 is 1.28 bits per heavy atom. The molecule has 0 aromatic carbocycles. The van der Waals surface area contributed by atoms with E-state index < -0.39 is 0 Å². The number of piperazine rings is 1. The molecule has 0 saturated carbocycles. The van der Waals surface area contributed by atoms with Gasteiger partial charge in [-0.25, -0.2) is 0 Å². The maximum absolute atomic E-state index is 12.5. The van der Waals surface area contributed by atoms with Crippen molar-refractivity contribution in [2.24, 2.45) is 0 Å². The molecule has 18 heavy (non-hydrogen) atoms. The van der Waals surface area contributed by atoms with Crippen LogP contribution in [-0.2, 0) is 4.79 Å². The highest BCUT2D eigenvalue weighted by Gasteiger charge is 2.36.